The topological polar surface area (TPSA) is 0 Å². The van der Waals surface area contributed by atoms with Crippen LogP contribution in [-0.4, -0.2) is 14.1 Å². The van der Waals surface area contributed by atoms with Gasteiger partial charge in [-0.1, -0.05) is 150 Å². The fourth-order valence-corrected chi connectivity index (χ4v) is 7.01. The fourth-order valence-electron chi connectivity index (χ4n) is 3.55. The van der Waals surface area contributed by atoms with Crippen molar-refractivity contribution in [2.45, 2.75) is 121 Å². The van der Waals surface area contributed by atoms with Crippen LogP contribution in [0, 0.1) is 6.92 Å². The Balaban J connectivity index is 0.000000735. The lowest BCUT2D eigenvalue weighted by atomic mass is 10.2. The van der Waals surface area contributed by atoms with Crippen LogP contribution in [0.25, 0.3) is 0 Å². The maximum Gasteiger partial charge on any atom is 0.261 e. The molecule has 26 heavy (non-hydrogen) atoms. The van der Waals surface area contributed by atoms with Crippen LogP contribution in [0.4, 0.5) is 0 Å². The molecule has 0 N–H and O–H groups in total. The number of aryl methyl sites for hydroxylation is 1. The number of hydrogen-bond donors (Lipinski definition) is 0. The van der Waals surface area contributed by atoms with Crippen LogP contribution in [-0.2, 0) is 0 Å². The predicted octanol–water partition coefficient (Wildman–Crippen LogP) is 9.22. The van der Waals surface area contributed by atoms with Crippen molar-refractivity contribution in [1.82, 2.24) is 0 Å². The highest BCUT2D eigenvalue weighted by molar-refractivity contribution is 6.58. The number of benzene rings is 1. The third kappa shape index (κ3) is 18.5. The zero-order valence-corrected chi connectivity index (χ0v) is 19.7. The molecule has 0 aliphatic rings. The number of unbranched alkanes of at least 4 members (excludes halogenated alkanes) is 9. The molecule has 0 heterocycles. The van der Waals surface area contributed by atoms with Gasteiger partial charge < -0.3 is 0 Å². The van der Waals surface area contributed by atoms with Crippen LogP contribution in [0.5, 0.6) is 0 Å². The van der Waals surface area contributed by atoms with Crippen molar-refractivity contribution < 1.29 is 0 Å². The Kier molecular flexibility index (Phi) is 20.9. The fraction of sp³-hybridized carbons (Fsp3) is 0.760. The lowest BCUT2D eigenvalue weighted by Crippen LogP contribution is -2.11. The molecule has 0 aromatic heterocycles. The van der Waals surface area contributed by atoms with Crippen molar-refractivity contribution in [3.8, 4) is 0 Å². The van der Waals surface area contributed by atoms with Crippen molar-refractivity contribution in [3.63, 3.8) is 0 Å². The smallest absolute Gasteiger partial charge is 0.0939 e. The summed E-state index contributed by atoms with van der Waals surface area (Å²) in [6.45, 7) is 9.05. The minimum atomic E-state index is -0.362. The lowest BCUT2D eigenvalue weighted by molar-refractivity contribution is 0.672. The van der Waals surface area contributed by atoms with Gasteiger partial charge in [-0.15, -0.1) is 0 Å². The van der Waals surface area contributed by atoms with Crippen LogP contribution in [0.15, 0.2) is 30.3 Å². The SMILES string of the molecule is CCCCC[CH2][Al]([CH2]CCCCC)[CH2]CCCCC.Cc1ccccc1. The molecule has 0 aliphatic heterocycles. The summed E-state index contributed by atoms with van der Waals surface area (Å²) in [5, 5.41) is 4.95. The molecule has 0 unspecified atom stereocenters. The third-order valence-electron chi connectivity index (χ3n) is 5.34. The summed E-state index contributed by atoms with van der Waals surface area (Å²) in [7, 11) is 0. The molecule has 1 heteroatoms. The van der Waals surface area contributed by atoms with Gasteiger partial charge in [0.1, 0.15) is 0 Å². The van der Waals surface area contributed by atoms with E-state index in [1.807, 2.05) is 18.2 Å². The molecule has 1 aromatic carbocycles. The Labute approximate surface area is 170 Å². The zero-order valence-electron chi connectivity index (χ0n) is 18.6. The Bertz CT molecular complexity index is 331. The Morgan fingerprint density at radius 1 is 0.538 bits per heavy atom. The largest absolute Gasteiger partial charge is 0.261 e. The first-order valence-corrected chi connectivity index (χ1v) is 14.2. The van der Waals surface area contributed by atoms with E-state index in [1.54, 1.807) is 35.1 Å². The van der Waals surface area contributed by atoms with Crippen LogP contribution < -0.4 is 0 Å². The Morgan fingerprint density at radius 3 is 1.19 bits per heavy atom. The van der Waals surface area contributed by atoms with Crippen LogP contribution in [0.1, 0.15) is 103 Å². The minimum absolute atomic E-state index is 0.362. The van der Waals surface area contributed by atoms with Gasteiger partial charge in [-0.3, -0.25) is 0 Å². The molecular weight excluding hydrogens is 327 g/mol. The summed E-state index contributed by atoms with van der Waals surface area (Å²) in [6, 6.07) is 10.3. The number of hydrogen-bond acceptors (Lipinski definition) is 0. The van der Waals surface area contributed by atoms with Gasteiger partial charge in [-0.25, -0.2) is 0 Å². The maximum atomic E-state index is 2.32. The molecule has 1 aromatic rings. The predicted molar refractivity (Wildman–Crippen MR) is 124 cm³/mol. The van der Waals surface area contributed by atoms with E-state index in [0.29, 0.717) is 0 Å². The van der Waals surface area contributed by atoms with Gasteiger partial charge in [-0.2, -0.15) is 0 Å². The van der Waals surface area contributed by atoms with E-state index in [9.17, 15) is 0 Å². The standard InChI is InChI=1S/C7H8.3C6H13.Al/c1-7-5-3-2-4-6-7;3*1-3-5-6-4-2;/h2-6H,1H3;3*1,3-6H2,2H3;. The van der Waals surface area contributed by atoms with E-state index >= 15 is 0 Å². The van der Waals surface area contributed by atoms with E-state index in [0.717, 1.165) is 0 Å². The van der Waals surface area contributed by atoms with E-state index in [2.05, 4.69) is 39.8 Å². The lowest BCUT2D eigenvalue weighted by Gasteiger charge is -2.11. The molecule has 0 atom stereocenters. The van der Waals surface area contributed by atoms with Gasteiger partial charge in [0.15, 0.2) is 0 Å². The molecule has 0 bridgehead atoms. The molecule has 0 nitrogen and oxygen atoms in total. The average molecular weight is 375 g/mol. The highest BCUT2D eigenvalue weighted by Gasteiger charge is 2.15. The van der Waals surface area contributed by atoms with Crippen molar-refractivity contribution in [2.75, 3.05) is 0 Å². The van der Waals surface area contributed by atoms with Crippen molar-refractivity contribution in [3.05, 3.63) is 35.9 Å². The van der Waals surface area contributed by atoms with Crippen molar-refractivity contribution in [2.24, 2.45) is 0 Å². The zero-order chi connectivity index (χ0) is 19.3. The van der Waals surface area contributed by atoms with Gasteiger partial charge in [0, 0.05) is 0 Å². The summed E-state index contributed by atoms with van der Waals surface area (Å²) in [4.78, 5) is 0. The van der Waals surface area contributed by atoms with Gasteiger partial charge in [0.2, 0.25) is 0 Å². The summed E-state index contributed by atoms with van der Waals surface area (Å²) in [6.07, 6.45) is 17.7. The molecular formula is C25H47Al. The third-order valence-corrected chi connectivity index (χ3v) is 9.01. The van der Waals surface area contributed by atoms with Gasteiger partial charge in [0.05, 0.1) is 0 Å². The van der Waals surface area contributed by atoms with E-state index in [1.165, 1.54) is 63.4 Å². The van der Waals surface area contributed by atoms with Crippen LogP contribution in [0.3, 0.4) is 0 Å². The molecule has 0 aliphatic carbocycles. The van der Waals surface area contributed by atoms with Gasteiger partial charge in [-0.05, 0) is 6.92 Å². The second-order valence-corrected chi connectivity index (χ2v) is 11.5. The molecule has 0 saturated carbocycles. The highest BCUT2D eigenvalue weighted by atomic mass is 27.2. The molecule has 0 spiro atoms. The summed E-state index contributed by atoms with van der Waals surface area (Å²) in [5.41, 5.74) is 1.32. The van der Waals surface area contributed by atoms with E-state index in [-0.39, 0.29) is 14.1 Å². The second-order valence-electron chi connectivity index (χ2n) is 8.07. The van der Waals surface area contributed by atoms with Crippen LogP contribution in [0.2, 0.25) is 15.8 Å². The quantitative estimate of drug-likeness (QED) is 0.212. The molecule has 150 valence electrons. The Hall–Kier alpha value is -0.248. The average Bonchev–Trinajstić information content (AvgIpc) is 2.66. The monoisotopic (exact) mass is 374 g/mol. The molecule has 0 radical (unpaired) electrons. The summed E-state index contributed by atoms with van der Waals surface area (Å²) >= 11 is -0.362. The first kappa shape index (κ1) is 25.8. The number of rotatable bonds is 15. The summed E-state index contributed by atoms with van der Waals surface area (Å²) < 4.78 is 0. The van der Waals surface area contributed by atoms with Crippen molar-refractivity contribution in [1.29, 1.82) is 0 Å². The molecule has 0 fully saturated rings. The molecule has 0 saturated heterocycles. The first-order valence-electron chi connectivity index (χ1n) is 11.8. The summed E-state index contributed by atoms with van der Waals surface area (Å²) in [5.74, 6) is 0. The first-order chi connectivity index (χ1) is 12.7. The molecule has 1 rings (SSSR count). The van der Waals surface area contributed by atoms with Gasteiger partial charge in [0.25, 0.3) is 14.1 Å². The Morgan fingerprint density at radius 2 is 0.923 bits per heavy atom. The van der Waals surface area contributed by atoms with Gasteiger partial charge >= 0.3 is 0 Å². The van der Waals surface area contributed by atoms with Crippen molar-refractivity contribution >= 4 is 14.1 Å². The highest BCUT2D eigenvalue weighted by Crippen LogP contribution is 2.19. The normalized spacial score (nSPS) is 10.3. The minimum Gasteiger partial charge on any atom is -0.0939 e. The molecule has 0 amide bonds. The van der Waals surface area contributed by atoms with E-state index in [4.69, 9.17) is 0 Å². The van der Waals surface area contributed by atoms with E-state index < -0.39 is 0 Å². The van der Waals surface area contributed by atoms with Crippen LogP contribution >= 0.6 is 0 Å². The maximum absolute atomic E-state index is 2.32. The second kappa shape index (κ2) is 21.1.